The number of ether oxygens (including phenoxy) is 1. The number of nitrogens with two attached hydrogens (primary N) is 1. The third kappa shape index (κ3) is 3.75. The van der Waals surface area contributed by atoms with Crippen molar-refractivity contribution >= 4 is 33.1 Å². The molecule has 0 fully saturated rings. The van der Waals surface area contributed by atoms with Gasteiger partial charge in [0, 0.05) is 11.6 Å². The van der Waals surface area contributed by atoms with E-state index in [0.717, 1.165) is 11.1 Å². The van der Waals surface area contributed by atoms with Gasteiger partial charge in [-0.1, -0.05) is 36.5 Å². The van der Waals surface area contributed by atoms with Gasteiger partial charge in [-0.25, -0.2) is 4.39 Å². The van der Waals surface area contributed by atoms with Crippen molar-refractivity contribution in [3.63, 3.8) is 0 Å². The van der Waals surface area contributed by atoms with E-state index in [1.165, 1.54) is 12.1 Å². The Balaban J connectivity index is 2.06. The van der Waals surface area contributed by atoms with E-state index in [4.69, 9.17) is 22.7 Å². The summed E-state index contributed by atoms with van der Waals surface area (Å²) < 4.78 is 19.4. The molecule has 2 rings (SSSR count). The van der Waals surface area contributed by atoms with Crippen LogP contribution in [-0.4, -0.2) is 4.99 Å². The van der Waals surface area contributed by atoms with E-state index in [0.29, 0.717) is 21.8 Å². The van der Waals surface area contributed by atoms with Gasteiger partial charge in [-0.2, -0.15) is 0 Å². The highest BCUT2D eigenvalue weighted by molar-refractivity contribution is 9.10. The first-order valence-corrected chi connectivity index (χ1v) is 6.73. The predicted octanol–water partition coefficient (Wildman–Crippen LogP) is 3.80. The summed E-state index contributed by atoms with van der Waals surface area (Å²) in [6.45, 7) is 0.347. The van der Waals surface area contributed by atoms with Crippen molar-refractivity contribution in [1.29, 1.82) is 0 Å². The largest absolute Gasteiger partial charge is 0.488 e. The zero-order chi connectivity index (χ0) is 13.8. The molecule has 0 atom stereocenters. The van der Waals surface area contributed by atoms with Gasteiger partial charge in [0.2, 0.25) is 0 Å². The Bertz CT molecular complexity index is 601. The zero-order valence-electron chi connectivity index (χ0n) is 9.90. The molecule has 2 N–H and O–H groups in total. The van der Waals surface area contributed by atoms with Crippen molar-refractivity contribution in [3.05, 3.63) is 63.9 Å². The Kier molecular flexibility index (Phi) is 4.50. The van der Waals surface area contributed by atoms with Crippen LogP contribution in [0, 0.1) is 5.82 Å². The highest BCUT2D eigenvalue weighted by Gasteiger charge is 2.04. The highest BCUT2D eigenvalue weighted by atomic mass is 79.9. The van der Waals surface area contributed by atoms with Gasteiger partial charge in [-0.3, -0.25) is 0 Å². The summed E-state index contributed by atoms with van der Waals surface area (Å²) >= 11 is 8.19. The molecular formula is C14H11BrFNOS. The lowest BCUT2D eigenvalue weighted by atomic mass is 10.1. The second-order valence-corrected chi connectivity index (χ2v) is 5.22. The van der Waals surface area contributed by atoms with Gasteiger partial charge in [0.1, 0.15) is 23.2 Å². The fourth-order valence-corrected chi connectivity index (χ4v) is 2.01. The molecule has 2 aromatic carbocycles. The van der Waals surface area contributed by atoms with Crippen LogP contribution in [0.1, 0.15) is 11.1 Å². The first kappa shape index (κ1) is 14.0. The van der Waals surface area contributed by atoms with Crippen molar-refractivity contribution in [2.75, 3.05) is 0 Å². The van der Waals surface area contributed by atoms with E-state index in [1.807, 2.05) is 24.3 Å². The van der Waals surface area contributed by atoms with Crippen LogP contribution in [-0.2, 0) is 6.61 Å². The molecule has 0 bridgehead atoms. The minimum Gasteiger partial charge on any atom is -0.488 e. The average molecular weight is 340 g/mol. The SMILES string of the molecule is NC(=S)c1ccc(COc2cc(F)ccc2Br)cc1. The molecule has 2 aromatic rings. The van der Waals surface area contributed by atoms with Crippen LogP contribution in [0.15, 0.2) is 46.9 Å². The predicted molar refractivity (Wildman–Crippen MR) is 80.8 cm³/mol. The summed E-state index contributed by atoms with van der Waals surface area (Å²) in [5, 5.41) is 0. The lowest BCUT2D eigenvalue weighted by Gasteiger charge is -2.08. The number of hydrogen-bond donors (Lipinski definition) is 1. The van der Waals surface area contributed by atoms with Crippen LogP contribution in [0.5, 0.6) is 5.75 Å². The molecule has 0 amide bonds. The van der Waals surface area contributed by atoms with Gasteiger partial charge in [-0.15, -0.1) is 0 Å². The molecule has 0 heterocycles. The minimum atomic E-state index is -0.331. The van der Waals surface area contributed by atoms with Gasteiger partial charge in [0.05, 0.1) is 4.47 Å². The molecule has 2 nitrogen and oxygen atoms in total. The first-order chi connectivity index (χ1) is 9.06. The van der Waals surface area contributed by atoms with Gasteiger partial charge >= 0.3 is 0 Å². The molecule has 19 heavy (non-hydrogen) atoms. The Morgan fingerprint density at radius 2 is 1.89 bits per heavy atom. The van der Waals surface area contributed by atoms with E-state index in [9.17, 15) is 4.39 Å². The molecule has 98 valence electrons. The fraction of sp³-hybridized carbons (Fsp3) is 0.0714. The number of hydrogen-bond acceptors (Lipinski definition) is 2. The topological polar surface area (TPSA) is 35.2 Å². The standard InChI is InChI=1S/C14H11BrFNOS/c15-12-6-5-11(16)7-13(12)18-8-9-1-3-10(4-2-9)14(17)19/h1-7H,8H2,(H2,17,19). The van der Waals surface area contributed by atoms with Crippen LogP contribution < -0.4 is 10.5 Å². The molecule has 5 heteroatoms. The Labute approximate surface area is 124 Å². The zero-order valence-corrected chi connectivity index (χ0v) is 12.3. The number of halogens is 2. The van der Waals surface area contributed by atoms with Crippen molar-refractivity contribution in [2.45, 2.75) is 6.61 Å². The summed E-state index contributed by atoms with van der Waals surface area (Å²) in [5.74, 6) is 0.139. The minimum absolute atomic E-state index is 0.331. The van der Waals surface area contributed by atoms with E-state index >= 15 is 0 Å². The van der Waals surface area contributed by atoms with Crippen LogP contribution in [0.25, 0.3) is 0 Å². The van der Waals surface area contributed by atoms with Gasteiger partial charge < -0.3 is 10.5 Å². The van der Waals surface area contributed by atoms with E-state index in [1.54, 1.807) is 6.07 Å². The maximum absolute atomic E-state index is 13.1. The highest BCUT2D eigenvalue weighted by Crippen LogP contribution is 2.26. The van der Waals surface area contributed by atoms with Crippen LogP contribution in [0.3, 0.4) is 0 Å². The summed E-state index contributed by atoms with van der Waals surface area (Å²) in [6, 6.07) is 11.7. The maximum atomic E-state index is 13.1. The van der Waals surface area contributed by atoms with Gasteiger partial charge in [0.25, 0.3) is 0 Å². The van der Waals surface area contributed by atoms with Crippen LogP contribution >= 0.6 is 28.1 Å². The molecule has 0 aliphatic rings. The van der Waals surface area contributed by atoms with E-state index < -0.39 is 0 Å². The third-order valence-corrected chi connectivity index (χ3v) is 3.42. The normalized spacial score (nSPS) is 10.2. The molecule has 0 radical (unpaired) electrons. The second kappa shape index (κ2) is 6.12. The lowest BCUT2D eigenvalue weighted by Crippen LogP contribution is -2.09. The van der Waals surface area contributed by atoms with Crippen molar-refractivity contribution in [1.82, 2.24) is 0 Å². The Hall–Kier alpha value is -1.46. The van der Waals surface area contributed by atoms with E-state index in [2.05, 4.69) is 15.9 Å². The quantitative estimate of drug-likeness (QED) is 0.860. The van der Waals surface area contributed by atoms with Gasteiger partial charge in [-0.05, 0) is 33.6 Å². The fourth-order valence-electron chi connectivity index (χ4n) is 1.51. The first-order valence-electron chi connectivity index (χ1n) is 5.53. The Morgan fingerprint density at radius 1 is 1.21 bits per heavy atom. The molecule has 0 saturated carbocycles. The van der Waals surface area contributed by atoms with Crippen LogP contribution in [0.2, 0.25) is 0 Å². The Morgan fingerprint density at radius 3 is 2.53 bits per heavy atom. The molecule has 0 unspecified atom stereocenters. The molecule has 0 aliphatic heterocycles. The molecule has 0 aromatic heterocycles. The second-order valence-electron chi connectivity index (χ2n) is 3.92. The summed E-state index contributed by atoms with van der Waals surface area (Å²) in [5.41, 5.74) is 7.28. The lowest BCUT2D eigenvalue weighted by molar-refractivity contribution is 0.302. The number of thiocarbonyl (C=S) groups is 1. The third-order valence-electron chi connectivity index (χ3n) is 2.53. The molecule has 0 spiro atoms. The summed E-state index contributed by atoms with van der Waals surface area (Å²) in [6.07, 6.45) is 0. The monoisotopic (exact) mass is 339 g/mol. The molecule has 0 aliphatic carbocycles. The maximum Gasteiger partial charge on any atom is 0.136 e. The summed E-state index contributed by atoms with van der Waals surface area (Å²) in [7, 11) is 0. The number of benzene rings is 2. The number of rotatable bonds is 4. The van der Waals surface area contributed by atoms with Crippen molar-refractivity contribution in [3.8, 4) is 5.75 Å². The van der Waals surface area contributed by atoms with Crippen LogP contribution in [0.4, 0.5) is 4.39 Å². The molecular weight excluding hydrogens is 329 g/mol. The smallest absolute Gasteiger partial charge is 0.136 e. The van der Waals surface area contributed by atoms with E-state index in [-0.39, 0.29) is 5.82 Å². The summed E-state index contributed by atoms with van der Waals surface area (Å²) in [4.78, 5) is 0.361. The van der Waals surface area contributed by atoms with Crippen molar-refractivity contribution < 1.29 is 9.13 Å². The van der Waals surface area contributed by atoms with Gasteiger partial charge in [0.15, 0.2) is 0 Å². The average Bonchev–Trinajstić information content (AvgIpc) is 2.40. The van der Waals surface area contributed by atoms with Crippen molar-refractivity contribution in [2.24, 2.45) is 5.73 Å². The molecule has 0 saturated heterocycles.